The third-order valence-corrected chi connectivity index (χ3v) is 2.24. The quantitative estimate of drug-likeness (QED) is 0.698. The molecule has 1 aromatic rings. The summed E-state index contributed by atoms with van der Waals surface area (Å²) < 4.78 is 5.19. The number of methoxy groups -OCH3 is 1. The Morgan fingerprint density at radius 1 is 1.40 bits per heavy atom. The summed E-state index contributed by atoms with van der Waals surface area (Å²) in [5.41, 5.74) is 6.92. The molecular formula is C11H12N2O2. The molecule has 1 saturated heterocycles. The van der Waals surface area contributed by atoms with Crippen molar-refractivity contribution in [2.24, 2.45) is 0 Å². The molecule has 1 amide bonds. The molecule has 2 N–H and O–H groups in total. The van der Waals surface area contributed by atoms with Crippen molar-refractivity contribution in [1.82, 2.24) is 10.9 Å². The second-order valence-electron chi connectivity index (χ2n) is 3.22. The highest BCUT2D eigenvalue weighted by Gasteiger charge is 2.15. The number of ether oxygens (including phenoxy) is 1. The molecule has 0 spiro atoms. The average Bonchev–Trinajstić information content (AvgIpc) is 2.65. The minimum atomic E-state index is -0.0825. The summed E-state index contributed by atoms with van der Waals surface area (Å²) in [6, 6.07) is 7.59. The van der Waals surface area contributed by atoms with Gasteiger partial charge in [-0.05, 0) is 12.1 Å². The van der Waals surface area contributed by atoms with Gasteiger partial charge in [-0.25, -0.2) is 5.43 Å². The van der Waals surface area contributed by atoms with Gasteiger partial charge in [0.05, 0.1) is 7.11 Å². The molecule has 78 valence electrons. The zero-order chi connectivity index (χ0) is 10.7. The molecule has 2 rings (SSSR count). The predicted molar refractivity (Wildman–Crippen MR) is 57.1 cm³/mol. The van der Waals surface area contributed by atoms with E-state index in [1.165, 1.54) is 0 Å². The van der Waals surface area contributed by atoms with Crippen LogP contribution in [0.3, 0.4) is 0 Å². The van der Waals surface area contributed by atoms with Gasteiger partial charge >= 0.3 is 0 Å². The molecular weight excluding hydrogens is 192 g/mol. The lowest BCUT2D eigenvalue weighted by Gasteiger charge is -2.03. The number of hydrogen-bond donors (Lipinski definition) is 2. The number of carbonyl (C=O) groups excluding carboxylic acids is 1. The first-order chi connectivity index (χ1) is 7.31. The normalized spacial score (nSPS) is 17.9. The summed E-state index contributed by atoms with van der Waals surface area (Å²) in [5.74, 6) is 0.686. The molecule has 0 radical (unpaired) electrons. The molecule has 0 bridgehead atoms. The first-order valence-corrected chi connectivity index (χ1v) is 4.68. The van der Waals surface area contributed by atoms with Crippen molar-refractivity contribution < 1.29 is 9.53 Å². The Labute approximate surface area is 87.9 Å². The lowest BCUT2D eigenvalue weighted by atomic mass is 10.1. The second-order valence-corrected chi connectivity index (χ2v) is 3.22. The van der Waals surface area contributed by atoms with Crippen LogP contribution in [0.15, 0.2) is 29.8 Å². The largest absolute Gasteiger partial charge is 0.496 e. The number of benzene rings is 1. The molecule has 0 atom stereocenters. The van der Waals surface area contributed by atoms with E-state index in [0.29, 0.717) is 12.1 Å². The number of nitrogens with one attached hydrogen (secondary N) is 2. The van der Waals surface area contributed by atoms with Crippen LogP contribution in [-0.4, -0.2) is 19.6 Å². The zero-order valence-corrected chi connectivity index (χ0v) is 8.41. The van der Waals surface area contributed by atoms with Gasteiger partial charge in [0.1, 0.15) is 5.75 Å². The van der Waals surface area contributed by atoms with Crippen molar-refractivity contribution in [3.8, 4) is 5.75 Å². The van der Waals surface area contributed by atoms with Crippen LogP contribution in [0.4, 0.5) is 0 Å². The third kappa shape index (κ3) is 1.99. The summed E-state index contributed by atoms with van der Waals surface area (Å²) in [6.07, 6.45) is 1.83. The number of rotatable bonds is 2. The van der Waals surface area contributed by atoms with Crippen molar-refractivity contribution in [2.75, 3.05) is 13.7 Å². The molecule has 0 unspecified atom stereocenters. The number of hydrazine groups is 1. The molecule has 1 aliphatic heterocycles. The average molecular weight is 204 g/mol. The highest BCUT2D eigenvalue weighted by atomic mass is 16.5. The van der Waals surface area contributed by atoms with Crippen LogP contribution < -0.4 is 15.6 Å². The Morgan fingerprint density at radius 2 is 2.20 bits per heavy atom. The van der Waals surface area contributed by atoms with E-state index in [4.69, 9.17) is 4.74 Å². The standard InChI is InChI=1S/C11H12N2O2/c1-15-10-5-3-2-4-8(10)6-9-7-12-13-11(9)14/h2-6,12H,7H2,1H3,(H,13,14)/b9-6+. The van der Waals surface area contributed by atoms with Crippen LogP contribution >= 0.6 is 0 Å². The van der Waals surface area contributed by atoms with Crippen LogP contribution in [0.2, 0.25) is 0 Å². The lowest BCUT2D eigenvalue weighted by molar-refractivity contribution is -0.116. The molecule has 1 aromatic carbocycles. The Hall–Kier alpha value is -1.81. The summed E-state index contributed by atoms with van der Waals surface area (Å²) in [4.78, 5) is 11.3. The topological polar surface area (TPSA) is 50.4 Å². The van der Waals surface area contributed by atoms with Crippen LogP contribution in [0.5, 0.6) is 5.75 Å². The van der Waals surface area contributed by atoms with Gasteiger partial charge in [0.25, 0.3) is 5.91 Å². The van der Waals surface area contributed by atoms with Crippen molar-refractivity contribution in [3.05, 3.63) is 35.4 Å². The minimum absolute atomic E-state index is 0.0825. The van der Waals surface area contributed by atoms with Crippen LogP contribution in [0.25, 0.3) is 6.08 Å². The van der Waals surface area contributed by atoms with E-state index in [1.807, 2.05) is 30.3 Å². The maximum absolute atomic E-state index is 11.3. The van der Waals surface area contributed by atoms with E-state index >= 15 is 0 Å². The molecule has 0 saturated carbocycles. The maximum Gasteiger partial charge on any atom is 0.262 e. The van der Waals surface area contributed by atoms with Crippen molar-refractivity contribution >= 4 is 12.0 Å². The van der Waals surface area contributed by atoms with Gasteiger partial charge in [0.2, 0.25) is 0 Å². The van der Waals surface area contributed by atoms with Crippen molar-refractivity contribution in [1.29, 1.82) is 0 Å². The van der Waals surface area contributed by atoms with Crippen molar-refractivity contribution in [3.63, 3.8) is 0 Å². The van der Waals surface area contributed by atoms with E-state index in [0.717, 1.165) is 11.3 Å². The molecule has 1 heterocycles. The van der Waals surface area contributed by atoms with E-state index in [9.17, 15) is 4.79 Å². The molecule has 4 nitrogen and oxygen atoms in total. The van der Waals surface area contributed by atoms with E-state index in [-0.39, 0.29) is 5.91 Å². The number of amides is 1. The first kappa shape index (κ1) is 9.73. The molecule has 1 aliphatic rings. The van der Waals surface area contributed by atoms with Crippen molar-refractivity contribution in [2.45, 2.75) is 0 Å². The highest BCUT2D eigenvalue weighted by molar-refractivity contribution is 6.00. The molecule has 15 heavy (non-hydrogen) atoms. The maximum atomic E-state index is 11.3. The highest BCUT2D eigenvalue weighted by Crippen LogP contribution is 2.20. The fraction of sp³-hybridized carbons (Fsp3) is 0.182. The van der Waals surface area contributed by atoms with Gasteiger partial charge in [-0.2, -0.15) is 0 Å². The van der Waals surface area contributed by atoms with Gasteiger partial charge in [0.15, 0.2) is 0 Å². The van der Waals surface area contributed by atoms with E-state index in [2.05, 4.69) is 10.9 Å². The zero-order valence-electron chi connectivity index (χ0n) is 8.41. The summed E-state index contributed by atoms with van der Waals surface area (Å²) in [7, 11) is 1.62. The van der Waals surface area contributed by atoms with E-state index in [1.54, 1.807) is 7.11 Å². The Morgan fingerprint density at radius 3 is 2.87 bits per heavy atom. The monoisotopic (exact) mass is 204 g/mol. The summed E-state index contributed by atoms with van der Waals surface area (Å²) in [6.45, 7) is 0.539. The Kier molecular flexibility index (Phi) is 2.69. The Bertz CT molecular complexity index is 413. The SMILES string of the molecule is COc1ccccc1/C=C1\CNNC1=O. The molecule has 0 aromatic heterocycles. The molecule has 4 heteroatoms. The predicted octanol–water partition coefficient (Wildman–Crippen LogP) is 0.713. The molecule has 0 aliphatic carbocycles. The molecule has 1 fully saturated rings. The second kappa shape index (κ2) is 4.14. The van der Waals surface area contributed by atoms with Gasteiger partial charge in [-0.3, -0.25) is 10.2 Å². The van der Waals surface area contributed by atoms with Gasteiger partial charge in [0, 0.05) is 17.7 Å². The number of carbonyl (C=O) groups is 1. The fourth-order valence-electron chi connectivity index (χ4n) is 1.47. The third-order valence-electron chi connectivity index (χ3n) is 2.24. The smallest absolute Gasteiger partial charge is 0.262 e. The fourth-order valence-corrected chi connectivity index (χ4v) is 1.47. The summed E-state index contributed by atoms with van der Waals surface area (Å²) in [5, 5.41) is 0. The number of hydrogen-bond acceptors (Lipinski definition) is 3. The first-order valence-electron chi connectivity index (χ1n) is 4.68. The van der Waals surface area contributed by atoms with Gasteiger partial charge < -0.3 is 4.74 Å². The van der Waals surface area contributed by atoms with Crippen LogP contribution in [0, 0.1) is 0 Å². The van der Waals surface area contributed by atoms with Crippen LogP contribution in [-0.2, 0) is 4.79 Å². The summed E-state index contributed by atoms with van der Waals surface area (Å²) >= 11 is 0. The Balaban J connectivity index is 2.34. The van der Waals surface area contributed by atoms with Gasteiger partial charge in [-0.15, -0.1) is 0 Å². The van der Waals surface area contributed by atoms with Crippen LogP contribution in [0.1, 0.15) is 5.56 Å². The minimum Gasteiger partial charge on any atom is -0.496 e. The lowest BCUT2D eigenvalue weighted by Crippen LogP contribution is -2.25. The van der Waals surface area contributed by atoms with Gasteiger partial charge in [-0.1, -0.05) is 18.2 Å². The van der Waals surface area contributed by atoms with E-state index < -0.39 is 0 Å². The number of para-hydroxylation sites is 1.